The molecule has 0 saturated heterocycles. The number of anilines is 2. The van der Waals surface area contributed by atoms with Crippen LogP contribution < -0.4 is 10.6 Å². The first-order valence-corrected chi connectivity index (χ1v) is 6.56. The summed E-state index contributed by atoms with van der Waals surface area (Å²) in [7, 11) is 1.73. The maximum atomic E-state index is 6.03. The number of methoxy groups -OCH3 is 1. The van der Waals surface area contributed by atoms with Crippen LogP contribution in [-0.4, -0.2) is 31.8 Å². The summed E-state index contributed by atoms with van der Waals surface area (Å²) < 4.78 is 5.18. The first-order chi connectivity index (χ1) is 9.17. The van der Waals surface area contributed by atoms with Crippen LogP contribution in [0.25, 0.3) is 10.8 Å². The quantitative estimate of drug-likeness (QED) is 0.839. The highest BCUT2D eigenvalue weighted by Crippen LogP contribution is 2.30. The van der Waals surface area contributed by atoms with Gasteiger partial charge < -0.3 is 15.4 Å². The zero-order chi connectivity index (χ0) is 13.8. The third-order valence-electron chi connectivity index (χ3n) is 3.34. The molecule has 0 aliphatic heterocycles. The smallest absolute Gasteiger partial charge is 0.0637 e. The zero-order valence-electron chi connectivity index (χ0n) is 11.8. The molecule has 102 valence electrons. The Morgan fingerprint density at radius 1 is 1.32 bits per heavy atom. The van der Waals surface area contributed by atoms with E-state index in [2.05, 4.69) is 28.9 Å². The van der Waals surface area contributed by atoms with Crippen LogP contribution in [0.15, 0.2) is 24.4 Å². The lowest BCUT2D eigenvalue weighted by Crippen LogP contribution is -2.27. The molecule has 1 aromatic carbocycles. The first-order valence-electron chi connectivity index (χ1n) is 6.56. The van der Waals surface area contributed by atoms with Crippen molar-refractivity contribution in [2.75, 3.05) is 37.4 Å². The molecule has 0 aliphatic carbocycles. The molecule has 19 heavy (non-hydrogen) atoms. The fourth-order valence-electron chi connectivity index (χ4n) is 2.28. The first kappa shape index (κ1) is 13.6. The minimum absolute atomic E-state index is 0.712. The van der Waals surface area contributed by atoms with E-state index in [0.717, 1.165) is 35.2 Å². The number of fused-ring (bicyclic) bond motifs is 1. The van der Waals surface area contributed by atoms with Gasteiger partial charge in [-0.15, -0.1) is 0 Å². The number of ether oxygens (including phenoxy) is 1. The molecule has 0 aliphatic rings. The number of aromatic nitrogens is 1. The van der Waals surface area contributed by atoms with Gasteiger partial charge in [0.1, 0.15) is 0 Å². The number of benzene rings is 1. The predicted molar refractivity (Wildman–Crippen MR) is 80.7 cm³/mol. The van der Waals surface area contributed by atoms with Gasteiger partial charge in [-0.2, -0.15) is 0 Å². The molecular weight excluding hydrogens is 238 g/mol. The lowest BCUT2D eigenvalue weighted by Gasteiger charge is -2.24. The Labute approximate surface area is 114 Å². The van der Waals surface area contributed by atoms with E-state index in [0.29, 0.717) is 6.61 Å². The molecule has 4 heteroatoms. The maximum absolute atomic E-state index is 6.03. The summed E-state index contributed by atoms with van der Waals surface area (Å²) >= 11 is 0. The lowest BCUT2D eigenvalue weighted by molar-refractivity contribution is 0.205. The van der Waals surface area contributed by atoms with E-state index in [-0.39, 0.29) is 0 Å². The van der Waals surface area contributed by atoms with Crippen LogP contribution in [0.3, 0.4) is 0 Å². The van der Waals surface area contributed by atoms with Gasteiger partial charge in [0.15, 0.2) is 0 Å². The number of hydrogen-bond donors (Lipinski definition) is 1. The SMILES string of the molecule is CCN(CCOC)c1ccc(N)c2cnc(C)cc12. The van der Waals surface area contributed by atoms with Gasteiger partial charge in [0.25, 0.3) is 0 Å². The van der Waals surface area contributed by atoms with Crippen molar-refractivity contribution in [2.45, 2.75) is 13.8 Å². The van der Waals surface area contributed by atoms with Gasteiger partial charge in [0.05, 0.1) is 6.61 Å². The molecule has 0 unspecified atom stereocenters. The molecule has 2 aromatic rings. The molecule has 2 N–H and O–H groups in total. The monoisotopic (exact) mass is 259 g/mol. The summed E-state index contributed by atoms with van der Waals surface area (Å²) in [6.45, 7) is 6.66. The average molecular weight is 259 g/mol. The van der Waals surface area contributed by atoms with Crippen molar-refractivity contribution in [3.05, 3.63) is 30.1 Å². The summed E-state index contributed by atoms with van der Waals surface area (Å²) in [5, 5.41) is 2.17. The van der Waals surface area contributed by atoms with Crippen LogP contribution in [0.4, 0.5) is 11.4 Å². The summed E-state index contributed by atoms with van der Waals surface area (Å²) in [4.78, 5) is 6.63. The highest BCUT2D eigenvalue weighted by atomic mass is 16.5. The molecule has 0 radical (unpaired) electrons. The van der Waals surface area contributed by atoms with Crippen LogP contribution in [-0.2, 0) is 4.74 Å². The summed E-state index contributed by atoms with van der Waals surface area (Å²) in [5.41, 5.74) is 9.00. The Balaban J connectivity index is 2.52. The average Bonchev–Trinajstić information content (AvgIpc) is 2.41. The van der Waals surface area contributed by atoms with Crippen LogP contribution in [0, 0.1) is 6.92 Å². The third-order valence-corrected chi connectivity index (χ3v) is 3.34. The molecule has 0 amide bonds. The highest BCUT2D eigenvalue weighted by Gasteiger charge is 2.10. The van der Waals surface area contributed by atoms with Gasteiger partial charge in [-0.25, -0.2) is 0 Å². The van der Waals surface area contributed by atoms with E-state index < -0.39 is 0 Å². The summed E-state index contributed by atoms with van der Waals surface area (Å²) in [5.74, 6) is 0. The Morgan fingerprint density at radius 2 is 2.11 bits per heavy atom. The molecular formula is C15H21N3O. The number of nitrogens with zero attached hydrogens (tertiary/aromatic N) is 2. The third kappa shape index (κ3) is 2.79. The molecule has 0 saturated carbocycles. The Hall–Kier alpha value is -1.81. The summed E-state index contributed by atoms with van der Waals surface area (Å²) in [6, 6.07) is 6.12. The number of nitrogens with two attached hydrogens (primary N) is 1. The maximum Gasteiger partial charge on any atom is 0.0637 e. The van der Waals surface area contributed by atoms with Crippen molar-refractivity contribution in [1.29, 1.82) is 0 Å². The van der Waals surface area contributed by atoms with Gasteiger partial charge in [0.2, 0.25) is 0 Å². The van der Waals surface area contributed by atoms with Crippen molar-refractivity contribution in [2.24, 2.45) is 0 Å². The van der Waals surface area contributed by atoms with E-state index in [1.807, 2.05) is 19.2 Å². The van der Waals surface area contributed by atoms with Crippen LogP contribution >= 0.6 is 0 Å². The molecule has 2 rings (SSSR count). The zero-order valence-corrected chi connectivity index (χ0v) is 11.8. The fraction of sp³-hybridized carbons (Fsp3) is 0.400. The van der Waals surface area contributed by atoms with Crippen LogP contribution in [0.1, 0.15) is 12.6 Å². The largest absolute Gasteiger partial charge is 0.398 e. The van der Waals surface area contributed by atoms with Crippen molar-refractivity contribution in [1.82, 2.24) is 4.98 Å². The molecule has 0 fully saturated rings. The number of aryl methyl sites for hydroxylation is 1. The highest BCUT2D eigenvalue weighted by molar-refractivity contribution is 6.01. The number of pyridine rings is 1. The second-order valence-corrected chi connectivity index (χ2v) is 4.62. The molecule has 0 bridgehead atoms. The number of nitrogen functional groups attached to an aromatic ring is 1. The lowest BCUT2D eigenvalue weighted by atomic mass is 10.1. The summed E-state index contributed by atoms with van der Waals surface area (Å²) in [6.07, 6.45) is 1.85. The topological polar surface area (TPSA) is 51.4 Å². The Kier molecular flexibility index (Phi) is 4.22. The second kappa shape index (κ2) is 5.89. The predicted octanol–water partition coefficient (Wildman–Crippen LogP) is 2.60. The van der Waals surface area contributed by atoms with E-state index >= 15 is 0 Å². The van der Waals surface area contributed by atoms with E-state index in [9.17, 15) is 0 Å². The van der Waals surface area contributed by atoms with E-state index in [1.54, 1.807) is 7.11 Å². The number of likely N-dealkylation sites (N-methyl/N-ethyl adjacent to an activating group) is 1. The van der Waals surface area contributed by atoms with Gasteiger partial charge in [0, 0.05) is 54.2 Å². The molecule has 0 atom stereocenters. The molecule has 1 aromatic heterocycles. The Morgan fingerprint density at radius 3 is 2.79 bits per heavy atom. The van der Waals surface area contributed by atoms with Crippen molar-refractivity contribution in [3.63, 3.8) is 0 Å². The van der Waals surface area contributed by atoms with Crippen LogP contribution in [0.5, 0.6) is 0 Å². The minimum Gasteiger partial charge on any atom is -0.398 e. The van der Waals surface area contributed by atoms with Crippen molar-refractivity contribution in [3.8, 4) is 0 Å². The van der Waals surface area contributed by atoms with E-state index in [1.165, 1.54) is 5.69 Å². The number of rotatable bonds is 5. The minimum atomic E-state index is 0.712. The van der Waals surface area contributed by atoms with Gasteiger partial charge >= 0.3 is 0 Å². The van der Waals surface area contributed by atoms with Crippen LogP contribution in [0.2, 0.25) is 0 Å². The number of hydrogen-bond acceptors (Lipinski definition) is 4. The van der Waals surface area contributed by atoms with E-state index in [4.69, 9.17) is 10.5 Å². The van der Waals surface area contributed by atoms with Crippen molar-refractivity contribution >= 4 is 22.1 Å². The molecule has 1 heterocycles. The van der Waals surface area contributed by atoms with Gasteiger partial charge in [-0.1, -0.05) is 0 Å². The van der Waals surface area contributed by atoms with Crippen molar-refractivity contribution < 1.29 is 4.74 Å². The second-order valence-electron chi connectivity index (χ2n) is 4.62. The standard InChI is InChI=1S/C15H21N3O/c1-4-18(7-8-19-3)15-6-5-14(16)13-10-17-11(2)9-12(13)15/h5-6,9-10H,4,7-8,16H2,1-3H3. The fourth-order valence-corrected chi connectivity index (χ4v) is 2.28. The van der Waals surface area contributed by atoms with Gasteiger partial charge in [-0.3, -0.25) is 4.98 Å². The molecule has 4 nitrogen and oxygen atoms in total. The molecule has 0 spiro atoms. The van der Waals surface area contributed by atoms with Gasteiger partial charge in [-0.05, 0) is 32.0 Å². The normalized spacial score (nSPS) is 10.9. The Bertz CT molecular complexity index is 569.